The van der Waals surface area contributed by atoms with Gasteiger partial charge in [0.2, 0.25) is 0 Å². The summed E-state index contributed by atoms with van der Waals surface area (Å²) < 4.78 is 0. The number of aromatic amines is 1. The number of H-pyrrole nitrogens is 1. The molecule has 2 aromatic rings. The maximum Gasteiger partial charge on any atom is 0.306 e. The predicted molar refractivity (Wildman–Crippen MR) is 61.6 cm³/mol. The summed E-state index contributed by atoms with van der Waals surface area (Å²) in [5.41, 5.74) is 1.32. The molecule has 0 aliphatic heterocycles. The third-order valence-electron chi connectivity index (χ3n) is 2.51. The van der Waals surface area contributed by atoms with Crippen LogP contribution in [-0.4, -0.2) is 37.6 Å². The molecule has 2 heterocycles. The fourth-order valence-corrected chi connectivity index (χ4v) is 1.43. The van der Waals surface area contributed by atoms with E-state index in [4.69, 9.17) is 5.11 Å². The Morgan fingerprint density at radius 1 is 1.53 bits per heavy atom. The van der Waals surface area contributed by atoms with Crippen LogP contribution in [0.1, 0.15) is 13.3 Å². The van der Waals surface area contributed by atoms with Crippen molar-refractivity contribution < 1.29 is 9.90 Å². The molecule has 1 atom stereocenters. The zero-order valence-electron chi connectivity index (χ0n) is 9.34. The van der Waals surface area contributed by atoms with Crippen LogP contribution in [0.25, 0.3) is 11.2 Å². The van der Waals surface area contributed by atoms with Crippen molar-refractivity contribution in [3.63, 3.8) is 0 Å². The summed E-state index contributed by atoms with van der Waals surface area (Å²) in [5, 5.41) is 11.8. The Morgan fingerprint density at radius 3 is 3.12 bits per heavy atom. The molecule has 0 fully saturated rings. The summed E-state index contributed by atoms with van der Waals surface area (Å²) in [7, 11) is 0. The molecule has 0 saturated heterocycles. The average Bonchev–Trinajstić information content (AvgIpc) is 2.77. The molecule has 17 heavy (non-hydrogen) atoms. The third kappa shape index (κ3) is 2.49. The summed E-state index contributed by atoms with van der Waals surface area (Å²) in [5.74, 6) is -0.521. The van der Waals surface area contributed by atoms with Crippen LogP contribution in [0.15, 0.2) is 12.7 Å². The highest BCUT2D eigenvalue weighted by molar-refractivity contribution is 5.81. The first-order valence-corrected chi connectivity index (χ1v) is 5.29. The zero-order valence-corrected chi connectivity index (χ0v) is 9.34. The van der Waals surface area contributed by atoms with Gasteiger partial charge in [-0.1, -0.05) is 6.92 Å². The second-order valence-corrected chi connectivity index (χ2v) is 3.78. The Morgan fingerprint density at radius 2 is 2.35 bits per heavy atom. The molecule has 0 radical (unpaired) electrons. The van der Waals surface area contributed by atoms with Gasteiger partial charge < -0.3 is 15.4 Å². The highest BCUT2D eigenvalue weighted by Gasteiger charge is 2.11. The number of carboxylic acid groups (broad SMARTS) is 1. The number of fused-ring (bicyclic) bond motifs is 1. The summed E-state index contributed by atoms with van der Waals surface area (Å²) in [6.45, 7) is 2.22. The maximum absolute atomic E-state index is 10.6. The quantitative estimate of drug-likeness (QED) is 0.710. The van der Waals surface area contributed by atoms with E-state index >= 15 is 0 Å². The van der Waals surface area contributed by atoms with Gasteiger partial charge >= 0.3 is 5.97 Å². The van der Waals surface area contributed by atoms with Crippen LogP contribution in [0.5, 0.6) is 0 Å². The molecule has 1 unspecified atom stereocenters. The number of imidazole rings is 1. The Bertz CT molecular complexity index is 524. The van der Waals surface area contributed by atoms with Crippen molar-refractivity contribution in [2.45, 2.75) is 13.3 Å². The molecular weight excluding hydrogens is 222 g/mol. The summed E-state index contributed by atoms with van der Waals surface area (Å²) >= 11 is 0. The van der Waals surface area contributed by atoms with Crippen molar-refractivity contribution >= 4 is 23.0 Å². The van der Waals surface area contributed by atoms with E-state index in [2.05, 4.69) is 25.3 Å². The van der Waals surface area contributed by atoms with E-state index in [0.717, 1.165) is 5.52 Å². The van der Waals surface area contributed by atoms with Crippen LogP contribution in [0, 0.1) is 5.92 Å². The molecule has 0 bridgehead atoms. The standard InChI is InChI=1S/C10H13N5O2/c1-6(10(16)17)2-3-11-8-7-9(13-4-12-7)15-5-14-8/h4-6H,2-3H2,1H3,(H,16,17)(H2,11,12,13,14,15). The van der Waals surface area contributed by atoms with Crippen molar-refractivity contribution in [2.75, 3.05) is 11.9 Å². The fraction of sp³-hybridized carbons (Fsp3) is 0.400. The van der Waals surface area contributed by atoms with E-state index in [1.165, 1.54) is 6.33 Å². The number of aromatic nitrogens is 4. The highest BCUT2D eigenvalue weighted by Crippen LogP contribution is 2.14. The molecule has 7 nitrogen and oxygen atoms in total. The second-order valence-electron chi connectivity index (χ2n) is 3.78. The van der Waals surface area contributed by atoms with Gasteiger partial charge in [-0.2, -0.15) is 0 Å². The fourth-order valence-electron chi connectivity index (χ4n) is 1.43. The summed E-state index contributed by atoms with van der Waals surface area (Å²) in [4.78, 5) is 25.7. The van der Waals surface area contributed by atoms with Gasteiger partial charge in [0.1, 0.15) is 11.8 Å². The zero-order chi connectivity index (χ0) is 12.3. The lowest BCUT2D eigenvalue weighted by Crippen LogP contribution is -2.15. The molecule has 2 aromatic heterocycles. The molecule has 90 valence electrons. The number of nitrogens with zero attached hydrogens (tertiary/aromatic N) is 3. The van der Waals surface area contributed by atoms with Crippen molar-refractivity contribution in [3.05, 3.63) is 12.7 Å². The number of carbonyl (C=O) groups is 1. The van der Waals surface area contributed by atoms with Gasteiger partial charge in [-0.15, -0.1) is 0 Å². The van der Waals surface area contributed by atoms with E-state index in [1.807, 2.05) is 0 Å². The first-order chi connectivity index (χ1) is 8.18. The van der Waals surface area contributed by atoms with Crippen LogP contribution >= 0.6 is 0 Å². The van der Waals surface area contributed by atoms with E-state index in [0.29, 0.717) is 24.4 Å². The minimum atomic E-state index is -0.791. The largest absolute Gasteiger partial charge is 0.481 e. The topological polar surface area (TPSA) is 104 Å². The molecule has 3 N–H and O–H groups in total. The Hall–Kier alpha value is -2.18. The number of hydrogen-bond acceptors (Lipinski definition) is 5. The normalized spacial score (nSPS) is 12.5. The number of anilines is 1. The summed E-state index contributed by atoms with van der Waals surface area (Å²) in [6, 6.07) is 0. The maximum atomic E-state index is 10.6. The van der Waals surface area contributed by atoms with Gasteiger partial charge in [0.25, 0.3) is 0 Å². The van der Waals surface area contributed by atoms with Gasteiger partial charge in [-0.25, -0.2) is 15.0 Å². The number of hydrogen-bond donors (Lipinski definition) is 3. The number of carboxylic acids is 1. The van der Waals surface area contributed by atoms with Crippen molar-refractivity contribution in [1.29, 1.82) is 0 Å². The van der Waals surface area contributed by atoms with E-state index in [-0.39, 0.29) is 5.92 Å². The minimum absolute atomic E-state index is 0.374. The number of nitrogens with one attached hydrogen (secondary N) is 2. The second kappa shape index (κ2) is 4.77. The van der Waals surface area contributed by atoms with Crippen LogP contribution in [0.2, 0.25) is 0 Å². The molecule has 0 aromatic carbocycles. The molecule has 0 aliphatic rings. The molecule has 0 saturated carbocycles. The smallest absolute Gasteiger partial charge is 0.306 e. The van der Waals surface area contributed by atoms with Crippen molar-refractivity contribution in [2.24, 2.45) is 5.92 Å². The Kier molecular flexibility index (Phi) is 3.17. The molecule has 7 heteroatoms. The van der Waals surface area contributed by atoms with Crippen LogP contribution < -0.4 is 5.32 Å². The Labute approximate surface area is 97.3 Å². The monoisotopic (exact) mass is 235 g/mol. The van der Waals surface area contributed by atoms with E-state index < -0.39 is 5.97 Å². The van der Waals surface area contributed by atoms with Gasteiger partial charge in [0, 0.05) is 6.54 Å². The molecular formula is C10H13N5O2. The van der Waals surface area contributed by atoms with Gasteiger partial charge in [-0.3, -0.25) is 4.79 Å². The lowest BCUT2D eigenvalue weighted by atomic mass is 10.1. The lowest BCUT2D eigenvalue weighted by Gasteiger charge is -2.08. The summed E-state index contributed by atoms with van der Waals surface area (Å²) in [6.07, 6.45) is 3.51. The predicted octanol–water partition coefficient (Wildman–Crippen LogP) is 0.876. The lowest BCUT2D eigenvalue weighted by molar-refractivity contribution is -0.141. The van der Waals surface area contributed by atoms with E-state index in [9.17, 15) is 4.79 Å². The van der Waals surface area contributed by atoms with Gasteiger partial charge in [-0.05, 0) is 6.42 Å². The Balaban J connectivity index is 1.99. The van der Waals surface area contributed by atoms with Crippen molar-refractivity contribution in [3.8, 4) is 0 Å². The van der Waals surface area contributed by atoms with Crippen molar-refractivity contribution in [1.82, 2.24) is 19.9 Å². The molecule has 2 rings (SSSR count). The average molecular weight is 235 g/mol. The SMILES string of the molecule is CC(CCNc1ncnc2nc[nH]c12)C(=O)O. The number of aliphatic carboxylic acids is 1. The first kappa shape index (κ1) is 11.3. The number of rotatable bonds is 5. The van der Waals surface area contributed by atoms with E-state index in [1.54, 1.807) is 13.3 Å². The molecule has 0 aliphatic carbocycles. The van der Waals surface area contributed by atoms with Gasteiger partial charge in [0.15, 0.2) is 11.5 Å². The highest BCUT2D eigenvalue weighted by atomic mass is 16.4. The molecule has 0 amide bonds. The molecule has 0 spiro atoms. The van der Waals surface area contributed by atoms with Crippen LogP contribution in [0.3, 0.4) is 0 Å². The van der Waals surface area contributed by atoms with Gasteiger partial charge in [0.05, 0.1) is 12.2 Å². The first-order valence-electron chi connectivity index (χ1n) is 5.29. The van der Waals surface area contributed by atoms with Crippen LogP contribution in [-0.2, 0) is 4.79 Å². The minimum Gasteiger partial charge on any atom is -0.481 e. The third-order valence-corrected chi connectivity index (χ3v) is 2.51. The van der Waals surface area contributed by atoms with Crippen LogP contribution in [0.4, 0.5) is 5.82 Å².